The monoisotopic (exact) mass is 143 g/mol. The lowest BCUT2D eigenvalue weighted by Gasteiger charge is -2.25. The summed E-state index contributed by atoms with van der Waals surface area (Å²) in [5.74, 6) is 0. The van der Waals surface area contributed by atoms with Crippen LogP contribution in [0.1, 0.15) is 19.3 Å². The van der Waals surface area contributed by atoms with Crippen molar-refractivity contribution in [2.24, 2.45) is 0 Å². The van der Waals surface area contributed by atoms with Crippen LogP contribution in [0.15, 0.2) is 0 Å². The zero-order valence-corrected chi connectivity index (χ0v) is 8.10. The fourth-order valence-electron chi connectivity index (χ4n) is 1.21. The summed E-state index contributed by atoms with van der Waals surface area (Å²) in [4.78, 5) is 0. The second kappa shape index (κ2) is 3.37. The minimum Gasteiger partial charge on any atom is -0.378 e. The minimum absolute atomic E-state index is 0.505. The molecule has 53 valence electrons. The second-order valence-electron chi connectivity index (χ2n) is 2.88. The topological polar surface area (TPSA) is 9.23 Å². The number of ether oxygens (including phenoxy) is 1. The van der Waals surface area contributed by atoms with Gasteiger partial charge in [-0.2, -0.15) is 0 Å². The first kappa shape index (κ1) is 7.29. The zero-order valence-electron chi connectivity index (χ0n) is 6.10. The Bertz CT molecular complexity index is 77.0. The number of rotatable bonds is 1. The molecule has 0 bridgehead atoms. The van der Waals surface area contributed by atoms with Crippen LogP contribution in [0.5, 0.6) is 0 Å². The van der Waals surface area contributed by atoms with E-state index in [-0.39, 0.29) is 0 Å². The van der Waals surface area contributed by atoms with Gasteiger partial charge >= 0.3 is 0 Å². The Hall–Kier alpha value is 0.177. The minimum atomic E-state index is 0.505. The second-order valence-corrected chi connectivity index (χ2v) is 4.37. The fourth-order valence-corrected chi connectivity index (χ4v) is 1.74. The first-order valence-electron chi connectivity index (χ1n) is 3.75. The highest BCUT2D eigenvalue weighted by molar-refractivity contribution is 6.12. The summed E-state index contributed by atoms with van der Waals surface area (Å²) in [5.41, 5.74) is 0.602. The lowest BCUT2D eigenvalue weighted by atomic mass is 10.1. The van der Waals surface area contributed by atoms with Crippen molar-refractivity contribution in [2.75, 3.05) is 6.61 Å². The van der Waals surface area contributed by atoms with E-state index in [2.05, 4.69) is 6.92 Å². The van der Waals surface area contributed by atoms with Crippen molar-refractivity contribution < 1.29 is 4.74 Å². The van der Waals surface area contributed by atoms with Crippen LogP contribution in [0.4, 0.5) is 0 Å². The Labute approximate surface area is 60.2 Å². The molecule has 9 heavy (non-hydrogen) atoms. The fraction of sp³-hybridized carbons (Fsp3) is 0.857. The molecule has 0 aromatic heterocycles. The van der Waals surface area contributed by atoms with E-state index in [1.54, 1.807) is 0 Å². The number of hydrogen-bond acceptors (Lipinski definition) is 1. The van der Waals surface area contributed by atoms with Crippen molar-refractivity contribution in [2.45, 2.75) is 30.9 Å². The Morgan fingerprint density at radius 1 is 1.56 bits per heavy atom. The largest absolute Gasteiger partial charge is 0.378 e. The molecule has 2 heteroatoms. The van der Waals surface area contributed by atoms with Crippen molar-refractivity contribution in [1.29, 1.82) is 0 Å². The summed E-state index contributed by atoms with van der Waals surface area (Å²) in [7, 11) is 1.17. The van der Waals surface area contributed by atoms with Crippen LogP contribution in [-0.4, -0.2) is 23.0 Å². The molecule has 0 aromatic rings. The molecular formula is C7H15OSi. The molecule has 1 radical (unpaired) electrons. The van der Waals surface area contributed by atoms with Crippen molar-refractivity contribution >= 4 is 10.2 Å². The van der Waals surface area contributed by atoms with Crippen molar-refractivity contribution in [3.8, 4) is 0 Å². The van der Waals surface area contributed by atoms with Crippen LogP contribution >= 0.6 is 0 Å². The van der Waals surface area contributed by atoms with E-state index < -0.39 is 0 Å². The van der Waals surface area contributed by atoms with Crippen molar-refractivity contribution in [1.82, 2.24) is 0 Å². The molecule has 1 fully saturated rings. The molecule has 1 saturated heterocycles. The van der Waals surface area contributed by atoms with Gasteiger partial charge in [0.1, 0.15) is 0 Å². The summed E-state index contributed by atoms with van der Waals surface area (Å²) in [6.07, 6.45) is 4.35. The SMILES string of the molecule is [CH2]C([SiH3])C1CCCCO1. The van der Waals surface area contributed by atoms with Crippen LogP contribution in [0.3, 0.4) is 0 Å². The first-order valence-corrected chi connectivity index (χ1v) is 4.91. The molecule has 1 aliphatic heterocycles. The van der Waals surface area contributed by atoms with E-state index in [0.29, 0.717) is 11.6 Å². The van der Waals surface area contributed by atoms with Crippen LogP contribution in [0, 0.1) is 6.92 Å². The van der Waals surface area contributed by atoms with E-state index >= 15 is 0 Å². The summed E-state index contributed by atoms with van der Waals surface area (Å²) >= 11 is 0. The molecule has 1 nitrogen and oxygen atoms in total. The molecule has 1 aliphatic rings. The highest BCUT2D eigenvalue weighted by Crippen LogP contribution is 2.20. The third-order valence-electron chi connectivity index (χ3n) is 1.85. The van der Waals surface area contributed by atoms with Crippen LogP contribution in [0.25, 0.3) is 0 Å². The summed E-state index contributed by atoms with van der Waals surface area (Å²) in [6.45, 7) is 4.97. The predicted octanol–water partition coefficient (Wildman–Crippen LogP) is 0.543. The summed E-state index contributed by atoms with van der Waals surface area (Å²) < 4.78 is 5.51. The molecule has 0 N–H and O–H groups in total. The van der Waals surface area contributed by atoms with Gasteiger partial charge in [-0.15, -0.1) is 0 Å². The average Bonchev–Trinajstić information content (AvgIpc) is 1.90. The average molecular weight is 143 g/mol. The standard InChI is InChI=1S/C7H15OSi/c1-6(9)7-4-2-3-5-8-7/h6-7H,1-5H2,9H3. The van der Waals surface area contributed by atoms with Crippen molar-refractivity contribution in [3.63, 3.8) is 0 Å². The molecule has 2 unspecified atom stereocenters. The maximum absolute atomic E-state index is 5.51. The Morgan fingerprint density at radius 2 is 2.33 bits per heavy atom. The molecule has 0 spiro atoms. The highest BCUT2D eigenvalue weighted by Gasteiger charge is 2.16. The lowest BCUT2D eigenvalue weighted by Crippen LogP contribution is -2.22. The van der Waals surface area contributed by atoms with E-state index in [1.807, 2.05) is 0 Å². The molecule has 0 saturated carbocycles. The van der Waals surface area contributed by atoms with Gasteiger partial charge in [0.15, 0.2) is 0 Å². The van der Waals surface area contributed by atoms with Gasteiger partial charge in [0.2, 0.25) is 0 Å². The molecule has 0 aliphatic carbocycles. The third kappa shape index (κ3) is 2.10. The molecule has 0 aromatic carbocycles. The maximum atomic E-state index is 5.51. The lowest BCUT2D eigenvalue weighted by molar-refractivity contribution is 0.0186. The zero-order chi connectivity index (χ0) is 6.69. The Morgan fingerprint density at radius 3 is 2.67 bits per heavy atom. The maximum Gasteiger partial charge on any atom is 0.0571 e. The van der Waals surface area contributed by atoms with Gasteiger partial charge < -0.3 is 4.74 Å². The normalized spacial score (nSPS) is 32.3. The van der Waals surface area contributed by atoms with Crippen LogP contribution < -0.4 is 0 Å². The molecular weight excluding hydrogens is 128 g/mol. The van der Waals surface area contributed by atoms with Gasteiger partial charge in [-0.05, 0) is 24.8 Å². The smallest absolute Gasteiger partial charge is 0.0571 e. The van der Waals surface area contributed by atoms with Gasteiger partial charge in [0.05, 0.1) is 6.10 Å². The van der Waals surface area contributed by atoms with Crippen LogP contribution in [0.2, 0.25) is 5.54 Å². The Balaban J connectivity index is 2.23. The molecule has 2 atom stereocenters. The molecule has 0 amide bonds. The third-order valence-corrected chi connectivity index (χ3v) is 2.59. The molecule has 1 heterocycles. The predicted molar refractivity (Wildman–Crippen MR) is 42.6 cm³/mol. The summed E-state index contributed by atoms with van der Waals surface area (Å²) in [5, 5.41) is 0. The van der Waals surface area contributed by atoms with E-state index in [9.17, 15) is 0 Å². The first-order chi connectivity index (χ1) is 4.30. The van der Waals surface area contributed by atoms with E-state index in [0.717, 1.165) is 6.61 Å². The van der Waals surface area contributed by atoms with Gasteiger partial charge in [-0.25, -0.2) is 0 Å². The van der Waals surface area contributed by atoms with E-state index in [4.69, 9.17) is 4.74 Å². The van der Waals surface area contributed by atoms with Gasteiger partial charge in [-0.3, -0.25) is 0 Å². The van der Waals surface area contributed by atoms with Gasteiger partial charge in [0.25, 0.3) is 0 Å². The Kier molecular flexibility index (Phi) is 2.73. The van der Waals surface area contributed by atoms with E-state index in [1.165, 1.54) is 29.5 Å². The molecule has 1 rings (SSSR count). The number of hydrogen-bond donors (Lipinski definition) is 0. The van der Waals surface area contributed by atoms with Gasteiger partial charge in [-0.1, -0.05) is 6.92 Å². The van der Waals surface area contributed by atoms with Crippen molar-refractivity contribution in [3.05, 3.63) is 6.92 Å². The van der Waals surface area contributed by atoms with Gasteiger partial charge in [0, 0.05) is 16.8 Å². The van der Waals surface area contributed by atoms with Crippen LogP contribution in [-0.2, 0) is 4.74 Å². The quantitative estimate of drug-likeness (QED) is 0.487. The summed E-state index contributed by atoms with van der Waals surface area (Å²) in [6, 6.07) is 0. The highest BCUT2D eigenvalue weighted by atomic mass is 28.1.